The number of nitrogens with one attached hydrogen (secondary N) is 1. The number of aliphatic hydroxyl groups excluding tert-OH is 1. The lowest BCUT2D eigenvalue weighted by Crippen LogP contribution is -2.54. The summed E-state index contributed by atoms with van der Waals surface area (Å²) in [7, 11) is 0. The van der Waals surface area contributed by atoms with Crippen molar-refractivity contribution in [3.05, 3.63) is 35.6 Å². The van der Waals surface area contributed by atoms with Crippen molar-refractivity contribution in [2.75, 3.05) is 13.2 Å². The van der Waals surface area contributed by atoms with Crippen LogP contribution in [0, 0.1) is 11.7 Å². The van der Waals surface area contributed by atoms with Crippen LogP contribution < -0.4 is 5.32 Å². The van der Waals surface area contributed by atoms with Crippen LogP contribution in [-0.4, -0.2) is 46.7 Å². The highest BCUT2D eigenvalue weighted by molar-refractivity contribution is 6.07. The lowest BCUT2D eigenvalue weighted by Gasteiger charge is -2.36. The van der Waals surface area contributed by atoms with E-state index in [9.17, 15) is 19.1 Å². The number of halogens is 1. The molecule has 1 aromatic rings. The predicted molar refractivity (Wildman–Crippen MR) is 92.7 cm³/mol. The van der Waals surface area contributed by atoms with Crippen molar-refractivity contribution in [3.8, 4) is 0 Å². The number of rotatable bonds is 6. The minimum Gasteiger partial charge on any atom is -0.389 e. The van der Waals surface area contributed by atoms with Gasteiger partial charge in [0, 0.05) is 5.56 Å². The van der Waals surface area contributed by atoms with Gasteiger partial charge >= 0.3 is 6.03 Å². The summed E-state index contributed by atoms with van der Waals surface area (Å²) < 4.78 is 18.9. The van der Waals surface area contributed by atoms with Crippen molar-refractivity contribution in [3.63, 3.8) is 0 Å². The monoisotopic (exact) mass is 364 g/mol. The molecular formula is C19H25FN2O4. The van der Waals surface area contributed by atoms with Gasteiger partial charge in [-0.1, -0.05) is 38.0 Å². The summed E-state index contributed by atoms with van der Waals surface area (Å²) in [5.74, 6) is -0.556. The van der Waals surface area contributed by atoms with Gasteiger partial charge in [0.15, 0.2) is 0 Å². The molecule has 1 aromatic carbocycles. The van der Waals surface area contributed by atoms with E-state index in [0.29, 0.717) is 12.0 Å². The van der Waals surface area contributed by atoms with Gasteiger partial charge < -0.3 is 15.2 Å². The summed E-state index contributed by atoms with van der Waals surface area (Å²) in [4.78, 5) is 26.2. The second kappa shape index (κ2) is 7.72. The number of carbonyl (C=O) groups is 2. The molecule has 0 bridgehead atoms. The van der Waals surface area contributed by atoms with Crippen LogP contribution in [0.25, 0.3) is 0 Å². The molecule has 0 aromatic heterocycles. The Balaban J connectivity index is 1.54. The van der Waals surface area contributed by atoms with Crippen molar-refractivity contribution in [2.45, 2.75) is 50.9 Å². The molecule has 0 unspecified atom stereocenters. The topological polar surface area (TPSA) is 78.9 Å². The molecule has 1 saturated carbocycles. The molecule has 0 radical (unpaired) electrons. The zero-order chi connectivity index (χ0) is 18.7. The van der Waals surface area contributed by atoms with Crippen LogP contribution in [0.1, 0.15) is 38.2 Å². The first-order chi connectivity index (χ1) is 12.4. The number of nitrogens with zero attached hydrogens (tertiary/aromatic N) is 1. The Kier molecular flexibility index (Phi) is 5.58. The summed E-state index contributed by atoms with van der Waals surface area (Å²) in [5.41, 5.74) is -0.437. The fourth-order valence-electron chi connectivity index (χ4n) is 3.85. The first-order valence-electron chi connectivity index (χ1n) is 9.07. The minimum atomic E-state index is -1.02. The highest BCUT2D eigenvalue weighted by Crippen LogP contribution is 2.38. The second-order valence-corrected chi connectivity index (χ2v) is 7.22. The molecule has 1 aliphatic heterocycles. The lowest BCUT2D eigenvalue weighted by molar-refractivity contribution is -0.135. The van der Waals surface area contributed by atoms with Crippen molar-refractivity contribution < 1.29 is 23.8 Å². The fraction of sp³-hybridized carbons (Fsp3) is 0.579. The summed E-state index contributed by atoms with van der Waals surface area (Å²) in [6.45, 7) is 1.78. The van der Waals surface area contributed by atoms with Gasteiger partial charge in [0.05, 0.1) is 25.9 Å². The zero-order valence-corrected chi connectivity index (χ0v) is 14.9. The summed E-state index contributed by atoms with van der Waals surface area (Å²) >= 11 is 0. The smallest absolute Gasteiger partial charge is 0.325 e. The third kappa shape index (κ3) is 3.59. The van der Waals surface area contributed by atoms with E-state index in [1.165, 1.54) is 6.07 Å². The Morgan fingerprint density at radius 2 is 2.15 bits per heavy atom. The summed E-state index contributed by atoms with van der Waals surface area (Å²) in [6.07, 6.45) is 2.46. The Hall–Kier alpha value is -1.99. The Morgan fingerprint density at radius 1 is 1.38 bits per heavy atom. The van der Waals surface area contributed by atoms with Crippen LogP contribution in [0.15, 0.2) is 24.3 Å². The third-order valence-electron chi connectivity index (χ3n) is 5.42. The van der Waals surface area contributed by atoms with Crippen molar-refractivity contribution >= 4 is 11.9 Å². The van der Waals surface area contributed by atoms with E-state index >= 15 is 0 Å². The molecule has 2 aliphatic rings. The van der Waals surface area contributed by atoms with E-state index in [0.717, 1.165) is 24.2 Å². The van der Waals surface area contributed by atoms with Crippen molar-refractivity contribution in [2.24, 2.45) is 5.92 Å². The highest BCUT2D eigenvalue weighted by Gasteiger charge is 2.54. The number of aliphatic hydroxyl groups is 1. The SMILES string of the molecule is C[C@@H]1CCCC[C@@]12NC(=O)N(C[C@H](O)COCc1ccccc1F)C2=O. The summed E-state index contributed by atoms with van der Waals surface area (Å²) in [6, 6.07) is 5.78. The van der Waals surface area contributed by atoms with Crippen molar-refractivity contribution in [1.82, 2.24) is 10.2 Å². The minimum absolute atomic E-state index is 0.0187. The molecule has 2 fully saturated rings. The van der Waals surface area contributed by atoms with E-state index in [2.05, 4.69) is 5.32 Å². The van der Waals surface area contributed by atoms with Crippen LogP contribution >= 0.6 is 0 Å². The lowest BCUT2D eigenvalue weighted by atomic mass is 9.73. The van der Waals surface area contributed by atoms with E-state index in [-0.39, 0.29) is 37.4 Å². The molecule has 1 heterocycles. The van der Waals surface area contributed by atoms with Crippen LogP contribution in [0.5, 0.6) is 0 Å². The second-order valence-electron chi connectivity index (χ2n) is 7.22. The van der Waals surface area contributed by atoms with Gasteiger partial charge in [-0.2, -0.15) is 0 Å². The molecule has 1 spiro atoms. The standard InChI is InChI=1S/C19H25FN2O4/c1-13-6-4-5-9-19(13)17(24)22(18(25)21-19)10-15(23)12-26-11-14-7-2-3-8-16(14)20/h2-3,7-8,13,15,23H,4-6,9-12H2,1H3,(H,21,25)/t13-,15+,19-/m1/s1. The Morgan fingerprint density at radius 3 is 2.88 bits per heavy atom. The molecule has 1 saturated heterocycles. The predicted octanol–water partition coefficient (Wildman–Crippen LogP) is 2.20. The molecule has 6 nitrogen and oxygen atoms in total. The number of ether oxygens (including phenoxy) is 1. The van der Waals surface area contributed by atoms with Gasteiger partial charge in [-0.3, -0.25) is 9.69 Å². The van der Waals surface area contributed by atoms with E-state index in [4.69, 9.17) is 4.74 Å². The molecule has 3 rings (SSSR count). The molecule has 2 N–H and O–H groups in total. The number of benzene rings is 1. The molecule has 3 amide bonds. The van der Waals surface area contributed by atoms with Gasteiger partial charge in [0.2, 0.25) is 0 Å². The summed E-state index contributed by atoms with van der Waals surface area (Å²) in [5, 5.41) is 13.0. The number of β-amino-alcohol motifs (C(OH)–C–C–N with tert-alkyl or cyclic N) is 1. The third-order valence-corrected chi connectivity index (χ3v) is 5.42. The van der Waals surface area contributed by atoms with E-state index < -0.39 is 17.7 Å². The molecule has 142 valence electrons. The van der Waals surface area contributed by atoms with Crippen LogP contribution in [-0.2, 0) is 16.1 Å². The maximum Gasteiger partial charge on any atom is 0.325 e. The molecule has 3 atom stereocenters. The molecular weight excluding hydrogens is 339 g/mol. The van der Waals surface area contributed by atoms with Gasteiger partial charge in [0.25, 0.3) is 5.91 Å². The maximum absolute atomic E-state index is 13.5. The first kappa shape index (κ1) is 18.8. The number of imide groups is 1. The van der Waals surface area contributed by atoms with Crippen LogP contribution in [0.2, 0.25) is 0 Å². The van der Waals surface area contributed by atoms with Gasteiger partial charge in [0.1, 0.15) is 11.4 Å². The molecule has 1 aliphatic carbocycles. The molecule has 7 heteroatoms. The zero-order valence-electron chi connectivity index (χ0n) is 14.9. The van der Waals surface area contributed by atoms with E-state index in [1.807, 2.05) is 6.92 Å². The number of amides is 3. The number of hydrogen-bond acceptors (Lipinski definition) is 4. The molecule has 26 heavy (non-hydrogen) atoms. The highest BCUT2D eigenvalue weighted by atomic mass is 19.1. The maximum atomic E-state index is 13.5. The number of hydrogen-bond donors (Lipinski definition) is 2. The number of urea groups is 1. The average molecular weight is 364 g/mol. The van der Waals surface area contributed by atoms with Crippen LogP contribution in [0.4, 0.5) is 9.18 Å². The number of carbonyl (C=O) groups excluding carboxylic acids is 2. The van der Waals surface area contributed by atoms with Crippen LogP contribution in [0.3, 0.4) is 0 Å². The fourth-order valence-corrected chi connectivity index (χ4v) is 3.85. The largest absolute Gasteiger partial charge is 0.389 e. The van der Waals surface area contributed by atoms with Crippen molar-refractivity contribution in [1.29, 1.82) is 0 Å². The van der Waals surface area contributed by atoms with Gasteiger partial charge in [-0.15, -0.1) is 0 Å². The Bertz CT molecular complexity index is 683. The van der Waals surface area contributed by atoms with Gasteiger partial charge in [-0.25, -0.2) is 9.18 Å². The quantitative estimate of drug-likeness (QED) is 0.759. The van der Waals surface area contributed by atoms with Gasteiger partial charge in [-0.05, 0) is 24.8 Å². The van der Waals surface area contributed by atoms with E-state index in [1.54, 1.807) is 18.2 Å². The average Bonchev–Trinajstić information content (AvgIpc) is 2.84. The first-order valence-corrected chi connectivity index (χ1v) is 9.07. The normalized spacial score (nSPS) is 27.0. The Labute approximate surface area is 152 Å².